The van der Waals surface area contributed by atoms with Crippen molar-refractivity contribution in [1.82, 2.24) is 19.2 Å². The van der Waals surface area contributed by atoms with E-state index in [0.29, 0.717) is 21.8 Å². The molecule has 3 aromatic heterocycles. The Morgan fingerprint density at radius 1 is 0.667 bits per heavy atom. The van der Waals surface area contributed by atoms with Crippen LogP contribution in [0.15, 0.2) is 58.1 Å². The van der Waals surface area contributed by atoms with Crippen LogP contribution in [0.1, 0.15) is 13.8 Å². The molecule has 6 nitrogen and oxygen atoms in total. The highest BCUT2D eigenvalue weighted by atomic mass is 16.2. The van der Waals surface area contributed by atoms with E-state index in [4.69, 9.17) is 0 Å². The molecule has 0 atom stereocenters. The number of nitrogens with zero attached hydrogens (tertiary/aromatic N) is 4. The van der Waals surface area contributed by atoms with Crippen molar-refractivity contribution in [2.75, 3.05) is 0 Å². The molecule has 0 spiro atoms. The molecule has 24 heavy (non-hydrogen) atoms. The van der Waals surface area contributed by atoms with Crippen molar-refractivity contribution < 1.29 is 0 Å². The maximum Gasteiger partial charge on any atom is 0.298 e. The lowest BCUT2D eigenvalue weighted by Crippen LogP contribution is -2.27. The summed E-state index contributed by atoms with van der Waals surface area (Å²) in [5.74, 6) is 0. The fraction of sp³-hybridized carbons (Fsp3) is 0.111. The lowest BCUT2D eigenvalue weighted by Gasteiger charge is -1.94. The first-order valence-corrected chi connectivity index (χ1v) is 7.80. The molecule has 5 aromatic rings. The van der Waals surface area contributed by atoms with Gasteiger partial charge in [0.2, 0.25) is 0 Å². The first-order valence-electron chi connectivity index (χ1n) is 7.80. The summed E-state index contributed by atoms with van der Waals surface area (Å²) in [4.78, 5) is 25.6. The highest BCUT2D eigenvalue weighted by molar-refractivity contribution is 5.97. The van der Waals surface area contributed by atoms with E-state index < -0.39 is 0 Å². The average molecular weight is 318 g/mol. The monoisotopic (exact) mass is 318 g/mol. The number of hydrogen-bond donors (Lipinski definition) is 0. The minimum absolute atomic E-state index is 0.265. The fourth-order valence-electron chi connectivity index (χ4n) is 2.97. The van der Waals surface area contributed by atoms with Crippen LogP contribution in [0.25, 0.3) is 32.8 Å². The fourth-order valence-corrected chi connectivity index (χ4v) is 2.97. The normalized spacial score (nSPS) is 11.2. The van der Waals surface area contributed by atoms with Crippen LogP contribution in [0.2, 0.25) is 0 Å². The van der Waals surface area contributed by atoms with Crippen LogP contribution >= 0.6 is 0 Å². The molecule has 0 bridgehead atoms. The third-order valence-electron chi connectivity index (χ3n) is 3.95. The standard InChI is InChI=1S/C16H8N4O2.C2H6/c21-15-13-9-5-1-3-7-11(9)17-19(13)16(22)14-10-6-2-4-8-12(10)18-20(14)15;1-2/h1-8H;1-2H3. The Labute approximate surface area is 135 Å². The van der Waals surface area contributed by atoms with Gasteiger partial charge in [-0.3, -0.25) is 9.59 Å². The van der Waals surface area contributed by atoms with Crippen molar-refractivity contribution >= 4 is 32.8 Å². The Balaban J connectivity index is 0.000000704. The summed E-state index contributed by atoms with van der Waals surface area (Å²) in [6.07, 6.45) is 0. The molecule has 0 radical (unpaired) electrons. The lowest BCUT2D eigenvalue weighted by molar-refractivity contribution is 0.866. The van der Waals surface area contributed by atoms with E-state index in [2.05, 4.69) is 10.2 Å². The van der Waals surface area contributed by atoms with Gasteiger partial charge in [0, 0.05) is 10.8 Å². The molecule has 0 N–H and O–H groups in total. The zero-order valence-electron chi connectivity index (χ0n) is 13.2. The lowest BCUT2D eigenvalue weighted by atomic mass is 10.2. The summed E-state index contributed by atoms with van der Waals surface area (Å²) in [5, 5.41) is 9.87. The van der Waals surface area contributed by atoms with Gasteiger partial charge in [-0.15, -0.1) is 0 Å². The largest absolute Gasteiger partial charge is 0.298 e. The van der Waals surface area contributed by atoms with Crippen LogP contribution in [0, 0.1) is 0 Å². The maximum absolute atomic E-state index is 12.8. The molecule has 0 saturated carbocycles. The molecule has 5 rings (SSSR count). The minimum atomic E-state index is -0.334. The van der Waals surface area contributed by atoms with Crippen LogP contribution in [-0.2, 0) is 0 Å². The summed E-state index contributed by atoms with van der Waals surface area (Å²) in [6.45, 7) is 4.00. The molecule has 0 aliphatic heterocycles. The average Bonchev–Trinajstić information content (AvgIpc) is 3.21. The van der Waals surface area contributed by atoms with Gasteiger partial charge in [-0.2, -0.15) is 19.2 Å². The van der Waals surface area contributed by atoms with Gasteiger partial charge in [-0.25, -0.2) is 0 Å². The molecule has 0 fully saturated rings. The smallest absolute Gasteiger partial charge is 0.265 e. The van der Waals surface area contributed by atoms with E-state index in [1.807, 2.05) is 38.1 Å². The van der Waals surface area contributed by atoms with Crippen LogP contribution in [0.5, 0.6) is 0 Å². The van der Waals surface area contributed by atoms with Gasteiger partial charge >= 0.3 is 0 Å². The molecule has 2 aromatic carbocycles. The van der Waals surface area contributed by atoms with Crippen LogP contribution in [0.4, 0.5) is 0 Å². The first kappa shape index (κ1) is 14.3. The van der Waals surface area contributed by atoms with Gasteiger partial charge in [0.05, 0.1) is 11.0 Å². The van der Waals surface area contributed by atoms with E-state index >= 15 is 0 Å². The van der Waals surface area contributed by atoms with Gasteiger partial charge in [0.1, 0.15) is 11.0 Å². The minimum Gasteiger partial charge on any atom is -0.265 e. The van der Waals surface area contributed by atoms with E-state index in [0.717, 1.165) is 0 Å². The predicted molar refractivity (Wildman–Crippen MR) is 94.0 cm³/mol. The van der Waals surface area contributed by atoms with Gasteiger partial charge in [-0.05, 0) is 12.1 Å². The zero-order chi connectivity index (χ0) is 16.8. The Morgan fingerprint density at radius 3 is 1.46 bits per heavy atom. The molecule has 6 heteroatoms. The van der Waals surface area contributed by atoms with Crippen molar-refractivity contribution in [1.29, 1.82) is 0 Å². The van der Waals surface area contributed by atoms with Crippen LogP contribution in [-0.4, -0.2) is 19.2 Å². The molecule has 0 saturated heterocycles. The van der Waals surface area contributed by atoms with Crippen molar-refractivity contribution in [3.05, 3.63) is 69.2 Å². The summed E-state index contributed by atoms with van der Waals surface area (Å²) >= 11 is 0. The second-order valence-corrected chi connectivity index (χ2v) is 5.17. The highest BCUT2D eigenvalue weighted by Gasteiger charge is 2.18. The quantitative estimate of drug-likeness (QED) is 0.440. The number of rotatable bonds is 0. The zero-order valence-corrected chi connectivity index (χ0v) is 13.2. The number of fused-ring (bicyclic) bond motifs is 6. The number of benzene rings is 2. The van der Waals surface area contributed by atoms with E-state index in [9.17, 15) is 9.59 Å². The van der Waals surface area contributed by atoms with Gasteiger partial charge < -0.3 is 0 Å². The molecular weight excluding hydrogens is 304 g/mol. The van der Waals surface area contributed by atoms with Crippen molar-refractivity contribution in [2.24, 2.45) is 0 Å². The Kier molecular flexibility index (Phi) is 3.06. The summed E-state index contributed by atoms with van der Waals surface area (Å²) in [5.41, 5.74) is 1.10. The summed E-state index contributed by atoms with van der Waals surface area (Å²) in [7, 11) is 0. The second kappa shape index (κ2) is 5.13. The highest BCUT2D eigenvalue weighted by Crippen LogP contribution is 2.18. The van der Waals surface area contributed by atoms with Gasteiger partial charge in [-0.1, -0.05) is 50.2 Å². The number of hydrogen-bond acceptors (Lipinski definition) is 4. The van der Waals surface area contributed by atoms with Crippen molar-refractivity contribution in [2.45, 2.75) is 13.8 Å². The Hall–Kier alpha value is -3.28. The molecule has 3 heterocycles. The Morgan fingerprint density at radius 2 is 1.04 bits per heavy atom. The van der Waals surface area contributed by atoms with Gasteiger partial charge in [0.25, 0.3) is 11.1 Å². The SMILES string of the molecule is CC.O=c1c2c3ccccc3nn2c(=O)c2c3ccccc3nn12. The summed E-state index contributed by atoms with van der Waals surface area (Å²) in [6, 6.07) is 14.4. The van der Waals surface area contributed by atoms with E-state index in [1.165, 1.54) is 9.03 Å². The van der Waals surface area contributed by atoms with Crippen LogP contribution in [0.3, 0.4) is 0 Å². The van der Waals surface area contributed by atoms with E-state index in [-0.39, 0.29) is 22.2 Å². The second-order valence-electron chi connectivity index (χ2n) is 5.17. The predicted octanol–water partition coefficient (Wildman–Crippen LogP) is 2.47. The molecule has 118 valence electrons. The molecule has 0 aliphatic rings. The molecule has 0 unspecified atom stereocenters. The number of aromatic nitrogens is 4. The third kappa shape index (κ3) is 1.70. The molecule has 0 aliphatic carbocycles. The Bertz CT molecular complexity index is 1210. The first-order chi connectivity index (χ1) is 11.8. The van der Waals surface area contributed by atoms with Crippen molar-refractivity contribution in [3.63, 3.8) is 0 Å². The topological polar surface area (TPSA) is 68.7 Å². The molecular formula is C18H14N4O2. The van der Waals surface area contributed by atoms with Gasteiger partial charge in [0.15, 0.2) is 0 Å². The molecule has 0 amide bonds. The van der Waals surface area contributed by atoms with Crippen LogP contribution < -0.4 is 11.1 Å². The third-order valence-corrected chi connectivity index (χ3v) is 3.95. The van der Waals surface area contributed by atoms with E-state index in [1.54, 1.807) is 24.3 Å². The van der Waals surface area contributed by atoms with Crippen molar-refractivity contribution in [3.8, 4) is 0 Å². The maximum atomic E-state index is 12.8. The summed E-state index contributed by atoms with van der Waals surface area (Å²) < 4.78 is 2.38.